The third-order valence-corrected chi connectivity index (χ3v) is 2.71. The van der Waals surface area contributed by atoms with Crippen LogP contribution in [0, 0.1) is 0 Å². The molecule has 0 unspecified atom stereocenters. The summed E-state index contributed by atoms with van der Waals surface area (Å²) >= 11 is 0. The number of rotatable bonds is 3. The van der Waals surface area contributed by atoms with E-state index in [4.69, 9.17) is 5.73 Å². The molecule has 0 aliphatic heterocycles. The van der Waals surface area contributed by atoms with Gasteiger partial charge in [-0.05, 0) is 35.9 Å². The zero-order chi connectivity index (χ0) is 12.3. The van der Waals surface area contributed by atoms with E-state index >= 15 is 0 Å². The van der Waals surface area contributed by atoms with Gasteiger partial charge in [-0.1, -0.05) is 0 Å². The third-order valence-electron chi connectivity index (χ3n) is 2.71. The Morgan fingerprint density at radius 3 is 2.59 bits per heavy atom. The fraction of sp³-hybridized carbons (Fsp3) is 0.154. The molecule has 0 aliphatic carbocycles. The molecule has 17 heavy (non-hydrogen) atoms. The Labute approximate surface area is 100 Å². The van der Waals surface area contributed by atoms with Crippen molar-refractivity contribution in [1.82, 2.24) is 4.98 Å². The molecule has 1 aromatic carbocycles. The molecule has 4 nitrogen and oxygen atoms in total. The molecular formula is C13H15N3O. The highest BCUT2D eigenvalue weighted by Gasteiger charge is 2.08. The summed E-state index contributed by atoms with van der Waals surface area (Å²) in [6, 6.07) is 8.92. The standard InChI is InChI=1S/C13H15N3O/c1-16(11-2-4-12(17)5-3-11)13-9-15-7-6-10(13)8-14/h2-7,9,17H,8,14H2,1H3. The van der Waals surface area contributed by atoms with Gasteiger partial charge in [0.05, 0.1) is 11.9 Å². The first-order valence-corrected chi connectivity index (χ1v) is 5.38. The zero-order valence-corrected chi connectivity index (χ0v) is 9.67. The second-order valence-electron chi connectivity index (χ2n) is 3.78. The average molecular weight is 229 g/mol. The van der Waals surface area contributed by atoms with Crippen molar-refractivity contribution >= 4 is 11.4 Å². The fourth-order valence-corrected chi connectivity index (χ4v) is 1.70. The van der Waals surface area contributed by atoms with Crippen LogP contribution >= 0.6 is 0 Å². The van der Waals surface area contributed by atoms with E-state index in [1.54, 1.807) is 24.5 Å². The minimum Gasteiger partial charge on any atom is -0.508 e. The monoisotopic (exact) mass is 229 g/mol. The van der Waals surface area contributed by atoms with Crippen molar-refractivity contribution < 1.29 is 5.11 Å². The van der Waals surface area contributed by atoms with Gasteiger partial charge in [0.2, 0.25) is 0 Å². The van der Waals surface area contributed by atoms with Gasteiger partial charge < -0.3 is 15.7 Å². The Balaban J connectivity index is 2.36. The van der Waals surface area contributed by atoms with E-state index in [9.17, 15) is 5.11 Å². The summed E-state index contributed by atoms with van der Waals surface area (Å²) in [6.07, 6.45) is 3.52. The Kier molecular flexibility index (Phi) is 3.25. The zero-order valence-electron chi connectivity index (χ0n) is 9.67. The van der Waals surface area contributed by atoms with Gasteiger partial charge in [0.1, 0.15) is 5.75 Å². The van der Waals surface area contributed by atoms with Crippen LogP contribution in [0.2, 0.25) is 0 Å². The van der Waals surface area contributed by atoms with Gasteiger partial charge >= 0.3 is 0 Å². The lowest BCUT2D eigenvalue weighted by Crippen LogP contribution is -2.13. The smallest absolute Gasteiger partial charge is 0.115 e. The van der Waals surface area contributed by atoms with Crippen LogP contribution in [0.4, 0.5) is 11.4 Å². The van der Waals surface area contributed by atoms with E-state index in [0.717, 1.165) is 16.9 Å². The normalized spacial score (nSPS) is 10.2. The summed E-state index contributed by atoms with van der Waals surface area (Å²) < 4.78 is 0. The van der Waals surface area contributed by atoms with Gasteiger partial charge in [-0.15, -0.1) is 0 Å². The highest BCUT2D eigenvalue weighted by molar-refractivity contribution is 5.65. The van der Waals surface area contributed by atoms with E-state index < -0.39 is 0 Å². The summed E-state index contributed by atoms with van der Waals surface area (Å²) in [5.41, 5.74) is 8.68. The molecule has 0 saturated carbocycles. The molecular weight excluding hydrogens is 214 g/mol. The number of phenols is 1. The summed E-state index contributed by atoms with van der Waals surface area (Å²) in [5.74, 6) is 0.257. The summed E-state index contributed by atoms with van der Waals surface area (Å²) in [5, 5.41) is 9.26. The van der Waals surface area contributed by atoms with Crippen LogP contribution in [0.3, 0.4) is 0 Å². The second-order valence-corrected chi connectivity index (χ2v) is 3.78. The Hall–Kier alpha value is -2.07. The first-order valence-electron chi connectivity index (χ1n) is 5.38. The molecule has 0 amide bonds. The van der Waals surface area contributed by atoms with Crippen molar-refractivity contribution in [1.29, 1.82) is 0 Å². The third kappa shape index (κ3) is 2.37. The molecule has 0 radical (unpaired) electrons. The van der Waals surface area contributed by atoms with Crippen LogP contribution in [-0.4, -0.2) is 17.1 Å². The highest BCUT2D eigenvalue weighted by Crippen LogP contribution is 2.27. The molecule has 0 bridgehead atoms. The number of pyridine rings is 1. The van der Waals surface area contributed by atoms with Crippen LogP contribution in [0.5, 0.6) is 5.75 Å². The number of nitrogens with zero attached hydrogens (tertiary/aromatic N) is 2. The maximum absolute atomic E-state index is 9.26. The molecule has 1 heterocycles. The molecule has 1 aromatic heterocycles. The molecule has 3 N–H and O–H groups in total. The van der Waals surface area contributed by atoms with E-state index in [1.807, 2.05) is 30.1 Å². The fourth-order valence-electron chi connectivity index (χ4n) is 1.70. The van der Waals surface area contributed by atoms with Crippen molar-refractivity contribution in [2.45, 2.75) is 6.54 Å². The number of anilines is 2. The Morgan fingerprint density at radius 1 is 1.24 bits per heavy atom. The number of benzene rings is 1. The lowest BCUT2D eigenvalue weighted by Gasteiger charge is -2.21. The van der Waals surface area contributed by atoms with Crippen LogP contribution in [0.15, 0.2) is 42.7 Å². The Morgan fingerprint density at radius 2 is 1.94 bits per heavy atom. The first kappa shape index (κ1) is 11.4. The number of hydrogen-bond acceptors (Lipinski definition) is 4. The van der Waals surface area contributed by atoms with E-state index in [1.165, 1.54) is 0 Å². The molecule has 0 atom stereocenters. The number of phenolic OH excluding ortho intramolecular Hbond substituents is 1. The van der Waals surface area contributed by atoms with Crippen LogP contribution in [0.1, 0.15) is 5.56 Å². The largest absolute Gasteiger partial charge is 0.508 e. The minimum atomic E-state index is 0.257. The van der Waals surface area contributed by atoms with Gasteiger partial charge in [-0.2, -0.15) is 0 Å². The topological polar surface area (TPSA) is 62.4 Å². The van der Waals surface area contributed by atoms with Crippen LogP contribution in [-0.2, 0) is 6.54 Å². The molecule has 2 aromatic rings. The van der Waals surface area contributed by atoms with Crippen LogP contribution < -0.4 is 10.6 Å². The van der Waals surface area contributed by atoms with Gasteiger partial charge in [0.15, 0.2) is 0 Å². The lowest BCUT2D eigenvalue weighted by molar-refractivity contribution is 0.475. The summed E-state index contributed by atoms with van der Waals surface area (Å²) in [4.78, 5) is 6.11. The molecule has 0 aliphatic rings. The van der Waals surface area contributed by atoms with Crippen molar-refractivity contribution in [2.75, 3.05) is 11.9 Å². The van der Waals surface area contributed by atoms with Gasteiger partial charge in [-0.3, -0.25) is 4.98 Å². The summed E-state index contributed by atoms with van der Waals surface area (Å²) in [7, 11) is 1.95. The summed E-state index contributed by atoms with van der Waals surface area (Å²) in [6.45, 7) is 0.472. The van der Waals surface area contributed by atoms with E-state index in [0.29, 0.717) is 6.54 Å². The maximum Gasteiger partial charge on any atom is 0.115 e. The van der Waals surface area contributed by atoms with Crippen molar-refractivity contribution in [3.63, 3.8) is 0 Å². The van der Waals surface area contributed by atoms with Crippen LogP contribution in [0.25, 0.3) is 0 Å². The lowest BCUT2D eigenvalue weighted by atomic mass is 10.2. The molecule has 0 saturated heterocycles. The number of aromatic nitrogens is 1. The van der Waals surface area contributed by atoms with E-state index in [-0.39, 0.29) is 5.75 Å². The predicted molar refractivity (Wildman–Crippen MR) is 68.3 cm³/mol. The minimum absolute atomic E-state index is 0.257. The average Bonchev–Trinajstić information content (AvgIpc) is 2.39. The Bertz CT molecular complexity index is 496. The SMILES string of the molecule is CN(c1ccc(O)cc1)c1cnccc1CN. The second kappa shape index (κ2) is 4.84. The van der Waals surface area contributed by atoms with Gasteiger partial charge in [-0.25, -0.2) is 0 Å². The molecule has 0 spiro atoms. The molecule has 4 heteroatoms. The maximum atomic E-state index is 9.26. The number of hydrogen-bond donors (Lipinski definition) is 2. The quantitative estimate of drug-likeness (QED) is 0.845. The highest BCUT2D eigenvalue weighted by atomic mass is 16.3. The molecule has 88 valence electrons. The van der Waals surface area contributed by atoms with Gasteiger partial charge in [0.25, 0.3) is 0 Å². The number of nitrogens with two attached hydrogens (primary N) is 1. The first-order chi connectivity index (χ1) is 8.22. The molecule has 0 fully saturated rings. The van der Waals surface area contributed by atoms with Crippen molar-refractivity contribution in [3.8, 4) is 5.75 Å². The van der Waals surface area contributed by atoms with Gasteiger partial charge in [0, 0.05) is 25.5 Å². The number of aromatic hydroxyl groups is 1. The van der Waals surface area contributed by atoms with Crippen molar-refractivity contribution in [3.05, 3.63) is 48.3 Å². The van der Waals surface area contributed by atoms with E-state index in [2.05, 4.69) is 4.98 Å². The van der Waals surface area contributed by atoms with Crippen molar-refractivity contribution in [2.24, 2.45) is 5.73 Å². The predicted octanol–water partition coefficient (Wildman–Crippen LogP) is 2.01. The molecule has 2 rings (SSSR count).